The Morgan fingerprint density at radius 2 is 0.979 bits per heavy atom. The summed E-state index contributed by atoms with van der Waals surface area (Å²) in [6.45, 7) is 0. The lowest BCUT2D eigenvalue weighted by molar-refractivity contribution is 0.583. The number of fused-ring (bicyclic) bond motifs is 2. The van der Waals surface area contributed by atoms with E-state index in [0.29, 0.717) is 18.2 Å². The fourth-order valence-electron chi connectivity index (χ4n) is 5.46. The van der Waals surface area contributed by atoms with Crippen LogP contribution < -0.4 is 0 Å². The number of halogens is 5. The van der Waals surface area contributed by atoms with Crippen molar-refractivity contribution in [2.45, 2.75) is 0 Å². The third kappa shape index (κ3) is 4.18. The van der Waals surface area contributed by atoms with Crippen molar-refractivity contribution in [2.75, 3.05) is 0 Å². The minimum absolute atomic E-state index is 0.425. The van der Waals surface area contributed by atoms with E-state index in [1.165, 1.54) is 30.3 Å². The number of hydrogen-bond donors (Lipinski definition) is 0. The summed E-state index contributed by atoms with van der Waals surface area (Å²) in [7, 11) is 0. The highest BCUT2D eigenvalue weighted by atomic mass is 19.1. The average Bonchev–Trinajstić information content (AvgIpc) is 3.60. The van der Waals surface area contributed by atoms with Gasteiger partial charge in [-0.25, -0.2) is 22.5 Å². The van der Waals surface area contributed by atoms with Crippen molar-refractivity contribution in [3.8, 4) is 48.6 Å². The Morgan fingerprint density at radius 1 is 0.511 bits per heavy atom. The van der Waals surface area contributed by atoms with Crippen LogP contribution in [0.4, 0.5) is 22.0 Å². The van der Waals surface area contributed by atoms with Crippen LogP contribution in [0.3, 0.4) is 0 Å². The van der Waals surface area contributed by atoms with Gasteiger partial charge in [0.05, 0.1) is 22.3 Å². The predicted molar refractivity (Wildman–Crippen MR) is 147 cm³/mol. The second-order valence-corrected chi connectivity index (χ2v) is 9.39. The molecular formula is C33H4F5N9. The molecule has 14 heteroatoms. The highest BCUT2D eigenvalue weighted by molar-refractivity contribution is 6.30. The summed E-state index contributed by atoms with van der Waals surface area (Å²) in [5.41, 5.74) is -13.2. The van der Waals surface area contributed by atoms with E-state index in [9.17, 15) is 45.6 Å². The molecule has 2 aromatic carbocycles. The van der Waals surface area contributed by atoms with Crippen LogP contribution in [-0.2, 0) is 0 Å². The SMILES string of the molecule is N#CC(C#N)=C1C(c2cc(F)c(C#N)cc2F)=C(C#N)c2c(F)c3c(c(F)c21)C(=C(C#N)C#N)C(c1cc(F)ncc1C#N)=C3C#N. The normalized spacial score (nSPS) is 12.4. The number of aromatic nitrogens is 1. The summed E-state index contributed by atoms with van der Waals surface area (Å²) in [6, 6.07) is 13.5. The maximum Gasteiger partial charge on any atom is 0.213 e. The van der Waals surface area contributed by atoms with Gasteiger partial charge in [0.1, 0.15) is 83.0 Å². The maximum atomic E-state index is 17.1. The third-order valence-corrected chi connectivity index (χ3v) is 7.26. The van der Waals surface area contributed by atoms with Gasteiger partial charge in [0, 0.05) is 67.9 Å². The molecule has 0 saturated heterocycles. The third-order valence-electron chi connectivity index (χ3n) is 7.26. The number of allylic oxidation sites excluding steroid dienone is 8. The minimum Gasteiger partial charge on any atom is -0.227 e. The molecule has 2 aliphatic rings. The highest BCUT2D eigenvalue weighted by Crippen LogP contribution is 2.57. The summed E-state index contributed by atoms with van der Waals surface area (Å²) in [5, 5.41) is 78.3. The number of pyridine rings is 1. The first-order valence-corrected chi connectivity index (χ1v) is 12.5. The molecule has 1 aromatic heterocycles. The summed E-state index contributed by atoms with van der Waals surface area (Å²) in [6.07, 6.45) is 0.736. The lowest BCUT2D eigenvalue weighted by Crippen LogP contribution is -2.05. The summed E-state index contributed by atoms with van der Waals surface area (Å²) < 4.78 is 78.4. The lowest BCUT2D eigenvalue weighted by Gasteiger charge is -2.15. The Morgan fingerprint density at radius 3 is 1.43 bits per heavy atom. The molecule has 47 heavy (non-hydrogen) atoms. The molecule has 0 amide bonds. The fraction of sp³-hybridized carbons (Fsp3) is 0. The molecule has 216 valence electrons. The topological polar surface area (TPSA) is 203 Å². The van der Waals surface area contributed by atoms with Crippen LogP contribution in [0.25, 0.3) is 33.4 Å². The van der Waals surface area contributed by atoms with Gasteiger partial charge in [-0.3, -0.25) is 0 Å². The lowest BCUT2D eigenvalue weighted by atomic mass is 9.87. The molecule has 0 radical (unpaired) electrons. The van der Waals surface area contributed by atoms with E-state index in [0.717, 1.165) is 6.20 Å². The Bertz CT molecular complexity index is 2520. The van der Waals surface area contributed by atoms with E-state index in [2.05, 4.69) is 4.98 Å². The van der Waals surface area contributed by atoms with Gasteiger partial charge in [0.2, 0.25) is 5.95 Å². The molecule has 0 saturated carbocycles. The van der Waals surface area contributed by atoms with E-state index < -0.39 is 118 Å². The Hall–Kier alpha value is -7.88. The van der Waals surface area contributed by atoms with Crippen molar-refractivity contribution in [3.63, 3.8) is 0 Å². The van der Waals surface area contributed by atoms with Gasteiger partial charge < -0.3 is 0 Å². The quantitative estimate of drug-likeness (QED) is 0.186. The second kappa shape index (κ2) is 11.3. The number of hydrogen-bond acceptors (Lipinski definition) is 9. The molecule has 0 N–H and O–H groups in total. The van der Waals surface area contributed by atoms with Gasteiger partial charge in [-0.05, 0) is 12.1 Å². The molecule has 3 aromatic rings. The van der Waals surface area contributed by atoms with Crippen molar-refractivity contribution in [1.82, 2.24) is 4.98 Å². The van der Waals surface area contributed by atoms with Crippen molar-refractivity contribution in [3.05, 3.63) is 109 Å². The van der Waals surface area contributed by atoms with Gasteiger partial charge in [0.25, 0.3) is 0 Å². The predicted octanol–water partition coefficient (Wildman–Crippen LogP) is 6.02. The van der Waals surface area contributed by atoms with E-state index in [-0.39, 0.29) is 0 Å². The van der Waals surface area contributed by atoms with Crippen LogP contribution in [-0.4, -0.2) is 4.98 Å². The first-order chi connectivity index (χ1) is 22.6. The fourth-order valence-corrected chi connectivity index (χ4v) is 5.46. The molecule has 0 aliphatic heterocycles. The molecule has 9 nitrogen and oxygen atoms in total. The summed E-state index contributed by atoms with van der Waals surface area (Å²) in [5.74, 6) is -7.11. The molecule has 2 aliphatic carbocycles. The van der Waals surface area contributed by atoms with Gasteiger partial charge in [-0.15, -0.1) is 0 Å². The van der Waals surface area contributed by atoms with Gasteiger partial charge in [-0.1, -0.05) is 0 Å². The first-order valence-electron chi connectivity index (χ1n) is 12.5. The smallest absolute Gasteiger partial charge is 0.213 e. The molecule has 0 atom stereocenters. The van der Waals surface area contributed by atoms with Crippen molar-refractivity contribution < 1.29 is 22.0 Å². The van der Waals surface area contributed by atoms with E-state index in [1.807, 2.05) is 0 Å². The number of nitriles is 8. The number of rotatable bonds is 2. The molecule has 0 bridgehead atoms. The minimum atomic E-state index is -1.61. The molecule has 0 fully saturated rings. The second-order valence-electron chi connectivity index (χ2n) is 9.39. The number of nitrogens with zero attached hydrogens (tertiary/aromatic N) is 9. The standard InChI is InChI=1S/C33H4F5N9/c34-21-2-18(22(35)1-13(21)4-39)27-20(11-46)29-31(25(27)15(7-42)8-43)33(38)30-24(14(5-40)6-41)26(19(10-45)28(30)32(29)37)17-3-23(36)47-12-16(17)9-44/h1-3,12H. The van der Waals surface area contributed by atoms with Crippen LogP contribution >= 0.6 is 0 Å². The average molecular weight is 621 g/mol. The Kier molecular flexibility index (Phi) is 7.36. The van der Waals surface area contributed by atoms with Gasteiger partial charge >= 0.3 is 0 Å². The summed E-state index contributed by atoms with van der Waals surface area (Å²) >= 11 is 0. The van der Waals surface area contributed by atoms with Gasteiger partial charge in [-0.2, -0.15) is 46.5 Å². The monoisotopic (exact) mass is 621 g/mol. The van der Waals surface area contributed by atoms with Crippen LogP contribution in [0.2, 0.25) is 0 Å². The summed E-state index contributed by atoms with van der Waals surface area (Å²) in [4.78, 5) is 3.33. The van der Waals surface area contributed by atoms with Crippen molar-refractivity contribution >= 4 is 33.4 Å². The number of benzene rings is 2. The Labute approximate surface area is 260 Å². The zero-order chi connectivity index (χ0) is 34.3. The highest BCUT2D eigenvalue weighted by Gasteiger charge is 2.45. The van der Waals surface area contributed by atoms with Crippen LogP contribution in [0.15, 0.2) is 35.5 Å². The van der Waals surface area contributed by atoms with E-state index >= 15 is 13.2 Å². The maximum absolute atomic E-state index is 17.1. The molecule has 0 unspecified atom stereocenters. The molecule has 1 heterocycles. The van der Waals surface area contributed by atoms with E-state index in [1.54, 1.807) is 18.2 Å². The molecular weight excluding hydrogens is 617 g/mol. The van der Waals surface area contributed by atoms with Crippen LogP contribution in [0.5, 0.6) is 0 Å². The van der Waals surface area contributed by atoms with Crippen molar-refractivity contribution in [2.24, 2.45) is 0 Å². The first kappa shape index (κ1) is 30.6. The van der Waals surface area contributed by atoms with Crippen LogP contribution in [0, 0.1) is 120 Å². The zero-order valence-electron chi connectivity index (χ0n) is 22.7. The van der Waals surface area contributed by atoms with Gasteiger partial charge in [0.15, 0.2) is 0 Å². The van der Waals surface area contributed by atoms with Crippen LogP contribution in [0.1, 0.15) is 44.5 Å². The zero-order valence-corrected chi connectivity index (χ0v) is 22.7. The largest absolute Gasteiger partial charge is 0.227 e. The van der Waals surface area contributed by atoms with Crippen molar-refractivity contribution in [1.29, 1.82) is 42.1 Å². The van der Waals surface area contributed by atoms with E-state index in [4.69, 9.17) is 5.26 Å². The Balaban J connectivity index is 2.08. The molecule has 0 spiro atoms. The molecule has 5 rings (SSSR count).